The van der Waals surface area contributed by atoms with Gasteiger partial charge in [0.2, 0.25) is 5.88 Å². The Labute approximate surface area is 207 Å². The first-order valence-corrected chi connectivity index (χ1v) is 10.8. The molecule has 2 heterocycles. The first-order chi connectivity index (χ1) is 16.8. The third-order valence-corrected chi connectivity index (χ3v) is 4.95. The van der Waals surface area contributed by atoms with Crippen molar-refractivity contribution in [3.63, 3.8) is 0 Å². The molecule has 2 aromatic heterocycles. The molecule has 3 rings (SSSR count). The molecule has 2 N–H and O–H groups in total. The molecular weight excluding hydrogens is 564 g/mol. The van der Waals surface area contributed by atoms with Gasteiger partial charge in [-0.3, -0.25) is 9.59 Å². The molecule has 15 heteroatoms. The van der Waals surface area contributed by atoms with Gasteiger partial charge in [0.15, 0.2) is 12.3 Å². The van der Waals surface area contributed by atoms with Gasteiger partial charge in [-0.05, 0) is 34.1 Å². The van der Waals surface area contributed by atoms with E-state index in [2.05, 4.69) is 41.4 Å². The number of nitrogens with one attached hydrogen (secondary N) is 2. The van der Waals surface area contributed by atoms with Gasteiger partial charge in [0.05, 0.1) is 21.3 Å². The third-order valence-electron chi connectivity index (χ3n) is 4.39. The topological polar surface area (TPSA) is 98.1 Å². The minimum atomic E-state index is -4.88. The van der Waals surface area contributed by atoms with Crippen molar-refractivity contribution < 1.29 is 40.7 Å². The van der Waals surface area contributed by atoms with Gasteiger partial charge in [-0.1, -0.05) is 18.2 Å². The van der Waals surface area contributed by atoms with E-state index in [0.717, 1.165) is 17.1 Å². The Bertz CT molecular complexity index is 1230. The highest BCUT2D eigenvalue weighted by Gasteiger charge is 2.39. The SMILES string of the molecule is O=C(NCCNC(=O)c1cn(-c2ccccc2)nc1C(F)(F)F)c1cnc(OCC(F)(F)F)c(Br)c1. The molecule has 0 saturated carbocycles. The molecule has 8 nitrogen and oxygen atoms in total. The minimum Gasteiger partial charge on any atom is -0.467 e. The van der Waals surface area contributed by atoms with E-state index in [4.69, 9.17) is 0 Å². The van der Waals surface area contributed by atoms with E-state index in [9.17, 15) is 35.9 Å². The van der Waals surface area contributed by atoms with Crippen molar-refractivity contribution in [2.24, 2.45) is 0 Å². The third kappa shape index (κ3) is 7.19. The molecule has 192 valence electrons. The van der Waals surface area contributed by atoms with Gasteiger partial charge in [-0.25, -0.2) is 9.67 Å². The number of rotatable bonds is 8. The molecule has 0 bridgehead atoms. The highest BCUT2D eigenvalue weighted by atomic mass is 79.9. The average Bonchev–Trinajstić information content (AvgIpc) is 3.27. The van der Waals surface area contributed by atoms with Gasteiger partial charge in [0.25, 0.3) is 11.8 Å². The van der Waals surface area contributed by atoms with E-state index < -0.39 is 42.0 Å². The Hall–Kier alpha value is -3.62. The van der Waals surface area contributed by atoms with Gasteiger partial charge in [-0.15, -0.1) is 0 Å². The predicted octanol–water partition coefficient (Wildman–Crippen LogP) is 4.15. The van der Waals surface area contributed by atoms with Crippen LogP contribution < -0.4 is 15.4 Å². The van der Waals surface area contributed by atoms with Crippen molar-refractivity contribution in [2.45, 2.75) is 12.4 Å². The smallest absolute Gasteiger partial charge is 0.435 e. The lowest BCUT2D eigenvalue weighted by atomic mass is 10.2. The number of benzene rings is 1. The monoisotopic (exact) mass is 579 g/mol. The Balaban J connectivity index is 1.58. The van der Waals surface area contributed by atoms with Gasteiger partial charge < -0.3 is 15.4 Å². The number of aromatic nitrogens is 3. The Morgan fingerprint density at radius 3 is 2.22 bits per heavy atom. The molecule has 2 amide bonds. The van der Waals surface area contributed by atoms with Gasteiger partial charge in [-0.2, -0.15) is 31.4 Å². The molecule has 0 saturated heterocycles. The highest BCUT2D eigenvalue weighted by Crippen LogP contribution is 2.31. The quantitative estimate of drug-likeness (QED) is 0.309. The summed E-state index contributed by atoms with van der Waals surface area (Å²) < 4.78 is 82.4. The second kappa shape index (κ2) is 11.0. The Kier molecular flexibility index (Phi) is 8.22. The second-order valence-electron chi connectivity index (χ2n) is 7.10. The van der Waals surface area contributed by atoms with Crippen LogP contribution in [0.2, 0.25) is 0 Å². The molecular formula is C21H16BrF6N5O3. The van der Waals surface area contributed by atoms with Crippen LogP contribution in [0.15, 0.2) is 53.3 Å². The van der Waals surface area contributed by atoms with E-state index in [1.807, 2.05) is 0 Å². The van der Waals surface area contributed by atoms with E-state index in [1.165, 1.54) is 18.2 Å². The normalized spacial score (nSPS) is 11.8. The number of nitrogens with zero attached hydrogens (tertiary/aromatic N) is 3. The number of amides is 2. The summed E-state index contributed by atoms with van der Waals surface area (Å²) in [5.41, 5.74) is -1.77. The fourth-order valence-corrected chi connectivity index (χ4v) is 3.28. The fraction of sp³-hybridized carbons (Fsp3) is 0.238. The van der Waals surface area contributed by atoms with Crippen molar-refractivity contribution in [3.8, 4) is 11.6 Å². The number of hydrogen-bond acceptors (Lipinski definition) is 5. The van der Waals surface area contributed by atoms with Crippen molar-refractivity contribution in [2.75, 3.05) is 19.7 Å². The molecule has 0 aliphatic rings. The number of ether oxygens (including phenoxy) is 1. The predicted molar refractivity (Wildman–Crippen MR) is 117 cm³/mol. The summed E-state index contributed by atoms with van der Waals surface area (Å²) in [5.74, 6) is -2.10. The minimum absolute atomic E-state index is 0.00260. The maximum Gasteiger partial charge on any atom is 0.435 e. The zero-order valence-electron chi connectivity index (χ0n) is 18.0. The van der Waals surface area contributed by atoms with Crippen molar-refractivity contribution in [3.05, 3.63) is 70.1 Å². The number of pyridine rings is 1. The summed E-state index contributed by atoms with van der Waals surface area (Å²) in [6.45, 7) is -1.95. The highest BCUT2D eigenvalue weighted by molar-refractivity contribution is 9.10. The second-order valence-corrected chi connectivity index (χ2v) is 7.95. The number of hydrogen-bond donors (Lipinski definition) is 2. The lowest BCUT2D eigenvalue weighted by molar-refractivity contribution is -0.154. The first kappa shape index (κ1) is 27.0. The largest absolute Gasteiger partial charge is 0.467 e. The van der Waals surface area contributed by atoms with Crippen LogP contribution in [0.4, 0.5) is 26.3 Å². The number of carbonyl (C=O) groups excluding carboxylic acids is 2. The molecule has 0 fully saturated rings. The zero-order chi connectivity index (χ0) is 26.5. The maximum absolute atomic E-state index is 13.4. The van der Waals surface area contributed by atoms with Crippen molar-refractivity contribution in [1.29, 1.82) is 0 Å². The molecule has 0 radical (unpaired) electrons. The van der Waals surface area contributed by atoms with Crippen LogP contribution >= 0.6 is 15.9 Å². The molecule has 0 aliphatic heterocycles. The average molecular weight is 580 g/mol. The molecule has 0 unspecified atom stereocenters. The Morgan fingerprint density at radius 2 is 1.64 bits per heavy atom. The summed E-state index contributed by atoms with van der Waals surface area (Å²) in [4.78, 5) is 28.3. The van der Waals surface area contributed by atoms with Crippen molar-refractivity contribution >= 4 is 27.7 Å². The lowest BCUT2D eigenvalue weighted by Gasteiger charge is -2.11. The van der Waals surface area contributed by atoms with Gasteiger partial charge in [0, 0.05) is 25.5 Å². The van der Waals surface area contributed by atoms with Gasteiger partial charge in [0.1, 0.15) is 0 Å². The van der Waals surface area contributed by atoms with Crippen molar-refractivity contribution in [1.82, 2.24) is 25.4 Å². The molecule has 3 aromatic rings. The number of carbonyl (C=O) groups is 2. The van der Waals surface area contributed by atoms with Gasteiger partial charge >= 0.3 is 12.4 Å². The van der Waals surface area contributed by atoms with Crippen LogP contribution in [0, 0.1) is 0 Å². The summed E-state index contributed by atoms with van der Waals surface area (Å²) in [7, 11) is 0. The van der Waals surface area contributed by atoms with E-state index in [0.29, 0.717) is 5.69 Å². The van der Waals surface area contributed by atoms with Crippen LogP contribution in [0.5, 0.6) is 5.88 Å². The standard InChI is InChI=1S/C21H16BrF6N5O3/c22-15-8-12(9-31-19(15)36-11-20(23,24)25)17(34)29-6-7-30-18(35)14-10-33(13-4-2-1-3-5-13)32-16(14)21(26,27)28/h1-5,8-10H,6-7,11H2,(H,29,34)(H,30,35). The maximum atomic E-state index is 13.4. The van der Waals surface area contributed by atoms with Crippen LogP contribution in [0.1, 0.15) is 26.4 Å². The van der Waals surface area contributed by atoms with Crippen LogP contribution in [0.3, 0.4) is 0 Å². The number of halogens is 7. The number of alkyl halides is 6. The zero-order valence-corrected chi connectivity index (χ0v) is 19.5. The van der Waals surface area contributed by atoms with Crippen LogP contribution in [0.25, 0.3) is 5.69 Å². The molecule has 0 aliphatic carbocycles. The fourth-order valence-electron chi connectivity index (χ4n) is 2.82. The first-order valence-electron chi connectivity index (χ1n) is 9.99. The van der Waals surface area contributed by atoms with E-state index >= 15 is 0 Å². The van der Waals surface area contributed by atoms with Crippen LogP contribution in [-0.4, -0.2) is 52.5 Å². The van der Waals surface area contributed by atoms with E-state index in [-0.39, 0.29) is 29.0 Å². The summed E-state index contributed by atoms with van der Waals surface area (Å²) in [6, 6.07) is 9.09. The molecule has 1 aromatic carbocycles. The van der Waals surface area contributed by atoms with E-state index in [1.54, 1.807) is 18.2 Å². The summed E-state index contributed by atoms with van der Waals surface area (Å²) >= 11 is 2.96. The summed E-state index contributed by atoms with van der Waals surface area (Å²) in [5, 5.41) is 8.17. The number of para-hydroxylation sites is 1. The Morgan fingerprint density at radius 1 is 1.00 bits per heavy atom. The summed E-state index contributed by atoms with van der Waals surface area (Å²) in [6.07, 6.45) is -7.50. The molecule has 0 atom stereocenters. The molecule has 0 spiro atoms. The lowest BCUT2D eigenvalue weighted by Crippen LogP contribution is -2.35. The molecule has 36 heavy (non-hydrogen) atoms. The van der Waals surface area contributed by atoms with Crippen LogP contribution in [-0.2, 0) is 6.18 Å².